The van der Waals surface area contributed by atoms with Crippen LogP contribution in [-0.4, -0.2) is 53.9 Å². The second-order valence-electron chi connectivity index (χ2n) is 5.76. The largest absolute Gasteiger partial charge is 0.480 e. The summed E-state index contributed by atoms with van der Waals surface area (Å²) >= 11 is 0. The number of benzene rings is 1. The quantitative estimate of drug-likeness (QED) is 0.762. The summed E-state index contributed by atoms with van der Waals surface area (Å²) in [6.07, 6.45) is 0.679. The average molecular weight is 343 g/mol. The molecule has 0 bridgehead atoms. The fourth-order valence-corrected chi connectivity index (χ4v) is 2.62. The van der Waals surface area contributed by atoms with Crippen molar-refractivity contribution in [3.05, 3.63) is 48.0 Å². The smallest absolute Gasteiger partial charge is 0.248 e. The van der Waals surface area contributed by atoms with Gasteiger partial charge >= 0.3 is 0 Å². The van der Waals surface area contributed by atoms with Crippen molar-refractivity contribution in [2.45, 2.75) is 19.1 Å². The van der Waals surface area contributed by atoms with Crippen LogP contribution < -0.4 is 9.47 Å². The third-order valence-corrected chi connectivity index (χ3v) is 3.95. The highest BCUT2D eigenvalue weighted by molar-refractivity contribution is 5.77. The van der Waals surface area contributed by atoms with Crippen molar-refractivity contribution in [3.8, 4) is 11.8 Å². The molecular formula is C18H21N3O4. The predicted molar refractivity (Wildman–Crippen MR) is 90.3 cm³/mol. The molecule has 0 aliphatic carbocycles. The molecule has 132 valence electrons. The van der Waals surface area contributed by atoms with Crippen LogP contribution in [0.2, 0.25) is 0 Å². The minimum absolute atomic E-state index is 0.0251. The van der Waals surface area contributed by atoms with Gasteiger partial charge in [-0.2, -0.15) is 0 Å². The molecule has 1 aromatic heterocycles. The summed E-state index contributed by atoms with van der Waals surface area (Å²) in [5.41, 5.74) is 1.05. The first kappa shape index (κ1) is 17.2. The standard InChI is InChI=1S/C18H21N3O4/c1-23-16-7-8-17(20-19-16)25-15-9-10-21(11-15)18(22)13-24-12-14-5-3-2-4-6-14/h2-8,15H,9-13H2,1H3/t15-/m0/s1. The molecular weight excluding hydrogens is 322 g/mol. The Labute approximate surface area is 146 Å². The summed E-state index contributed by atoms with van der Waals surface area (Å²) in [6.45, 7) is 1.69. The van der Waals surface area contributed by atoms with Gasteiger partial charge in [0.05, 0.1) is 20.3 Å². The number of likely N-dealkylation sites (tertiary alicyclic amines) is 1. The van der Waals surface area contributed by atoms with E-state index in [1.165, 1.54) is 7.11 Å². The molecule has 0 saturated carbocycles. The average Bonchev–Trinajstić information content (AvgIpc) is 3.12. The van der Waals surface area contributed by atoms with Gasteiger partial charge in [0, 0.05) is 25.1 Å². The zero-order valence-electron chi connectivity index (χ0n) is 14.1. The van der Waals surface area contributed by atoms with Crippen molar-refractivity contribution < 1.29 is 19.0 Å². The second-order valence-corrected chi connectivity index (χ2v) is 5.76. The summed E-state index contributed by atoms with van der Waals surface area (Å²) in [5, 5.41) is 7.81. The molecule has 0 unspecified atom stereocenters. The normalized spacial score (nSPS) is 16.7. The van der Waals surface area contributed by atoms with Crippen molar-refractivity contribution in [1.29, 1.82) is 0 Å². The van der Waals surface area contributed by atoms with Gasteiger partial charge in [-0.05, 0) is 5.56 Å². The lowest BCUT2D eigenvalue weighted by molar-refractivity contribution is -0.135. The van der Waals surface area contributed by atoms with Gasteiger partial charge in [-0.3, -0.25) is 4.79 Å². The second kappa shape index (κ2) is 8.43. The van der Waals surface area contributed by atoms with Gasteiger partial charge in [-0.1, -0.05) is 30.3 Å². The van der Waals surface area contributed by atoms with E-state index in [4.69, 9.17) is 14.2 Å². The summed E-state index contributed by atoms with van der Waals surface area (Å²) in [5.74, 6) is 0.842. The van der Waals surface area contributed by atoms with Crippen LogP contribution in [-0.2, 0) is 16.1 Å². The third kappa shape index (κ3) is 4.90. The van der Waals surface area contributed by atoms with E-state index >= 15 is 0 Å². The molecule has 2 heterocycles. The summed E-state index contributed by atoms with van der Waals surface area (Å²) in [7, 11) is 1.53. The van der Waals surface area contributed by atoms with Crippen molar-refractivity contribution in [1.82, 2.24) is 15.1 Å². The molecule has 0 N–H and O–H groups in total. The number of hydrogen-bond acceptors (Lipinski definition) is 6. The zero-order valence-corrected chi connectivity index (χ0v) is 14.1. The molecule has 0 spiro atoms. The van der Waals surface area contributed by atoms with E-state index in [9.17, 15) is 4.79 Å². The molecule has 0 radical (unpaired) electrons. The maximum Gasteiger partial charge on any atom is 0.248 e. The minimum atomic E-state index is -0.0826. The van der Waals surface area contributed by atoms with Gasteiger partial charge in [0.15, 0.2) is 0 Å². The fraction of sp³-hybridized carbons (Fsp3) is 0.389. The molecule has 25 heavy (non-hydrogen) atoms. The highest BCUT2D eigenvalue weighted by atomic mass is 16.5. The number of ether oxygens (including phenoxy) is 3. The van der Waals surface area contributed by atoms with Gasteiger partial charge in [0.25, 0.3) is 0 Å². The lowest BCUT2D eigenvalue weighted by atomic mass is 10.2. The van der Waals surface area contributed by atoms with E-state index in [1.807, 2.05) is 30.3 Å². The van der Waals surface area contributed by atoms with Crippen molar-refractivity contribution in [3.63, 3.8) is 0 Å². The van der Waals surface area contributed by atoms with Crippen molar-refractivity contribution in [2.24, 2.45) is 0 Å². The number of carbonyl (C=O) groups is 1. The number of carbonyl (C=O) groups excluding carboxylic acids is 1. The van der Waals surface area contributed by atoms with E-state index in [-0.39, 0.29) is 18.6 Å². The monoisotopic (exact) mass is 343 g/mol. The molecule has 1 aliphatic rings. The van der Waals surface area contributed by atoms with Crippen LogP contribution in [0.15, 0.2) is 42.5 Å². The molecule has 7 nitrogen and oxygen atoms in total. The first-order valence-corrected chi connectivity index (χ1v) is 8.18. The van der Waals surface area contributed by atoms with Crippen LogP contribution in [0, 0.1) is 0 Å². The SMILES string of the molecule is COc1ccc(O[C@H]2CCN(C(=O)COCc3ccccc3)C2)nn1. The van der Waals surface area contributed by atoms with Crippen LogP contribution >= 0.6 is 0 Å². The molecule has 1 saturated heterocycles. The minimum Gasteiger partial charge on any atom is -0.480 e. The maximum absolute atomic E-state index is 12.2. The van der Waals surface area contributed by atoms with Gasteiger partial charge in [0.1, 0.15) is 12.7 Å². The Kier molecular flexibility index (Phi) is 5.79. The van der Waals surface area contributed by atoms with Crippen LogP contribution in [0.3, 0.4) is 0 Å². The van der Waals surface area contributed by atoms with Crippen LogP contribution in [0.5, 0.6) is 11.8 Å². The van der Waals surface area contributed by atoms with Gasteiger partial charge in [-0.25, -0.2) is 0 Å². The Hall–Kier alpha value is -2.67. The lowest BCUT2D eigenvalue weighted by Crippen LogP contribution is -2.33. The summed E-state index contributed by atoms with van der Waals surface area (Å²) < 4.78 is 16.2. The van der Waals surface area contributed by atoms with Crippen LogP contribution in [0.25, 0.3) is 0 Å². The molecule has 1 aliphatic heterocycles. The number of amides is 1. The fourth-order valence-electron chi connectivity index (χ4n) is 2.62. The van der Waals surface area contributed by atoms with Gasteiger partial charge in [0.2, 0.25) is 17.7 Å². The number of aromatic nitrogens is 2. The zero-order chi connectivity index (χ0) is 17.5. The topological polar surface area (TPSA) is 73.8 Å². The first-order valence-electron chi connectivity index (χ1n) is 8.18. The van der Waals surface area contributed by atoms with E-state index in [0.717, 1.165) is 12.0 Å². The Morgan fingerprint density at radius 2 is 1.92 bits per heavy atom. The van der Waals surface area contributed by atoms with Crippen molar-refractivity contribution >= 4 is 5.91 Å². The van der Waals surface area contributed by atoms with Gasteiger partial charge in [-0.15, -0.1) is 10.2 Å². The van der Waals surface area contributed by atoms with E-state index < -0.39 is 0 Å². The molecule has 7 heteroatoms. The Morgan fingerprint density at radius 3 is 2.64 bits per heavy atom. The van der Waals surface area contributed by atoms with E-state index in [1.54, 1.807) is 17.0 Å². The highest BCUT2D eigenvalue weighted by Crippen LogP contribution is 2.17. The predicted octanol–water partition coefficient (Wildman–Crippen LogP) is 1.68. The Bertz CT molecular complexity index is 678. The van der Waals surface area contributed by atoms with Crippen LogP contribution in [0.4, 0.5) is 0 Å². The summed E-state index contributed by atoms with van der Waals surface area (Å²) in [4.78, 5) is 14.0. The lowest BCUT2D eigenvalue weighted by Gasteiger charge is -2.17. The number of methoxy groups -OCH3 is 1. The maximum atomic E-state index is 12.2. The van der Waals surface area contributed by atoms with Gasteiger partial charge < -0.3 is 19.1 Å². The van der Waals surface area contributed by atoms with Crippen molar-refractivity contribution in [2.75, 3.05) is 26.8 Å². The number of hydrogen-bond donors (Lipinski definition) is 0. The molecule has 1 amide bonds. The summed E-state index contributed by atoms with van der Waals surface area (Å²) in [6, 6.07) is 13.2. The number of nitrogens with zero attached hydrogens (tertiary/aromatic N) is 3. The number of rotatable bonds is 7. The third-order valence-electron chi connectivity index (χ3n) is 3.95. The first-order chi connectivity index (χ1) is 12.2. The molecule has 3 rings (SSSR count). The molecule has 1 fully saturated rings. The molecule has 2 aromatic rings. The van der Waals surface area contributed by atoms with Crippen LogP contribution in [0.1, 0.15) is 12.0 Å². The molecule has 1 aromatic carbocycles. The Morgan fingerprint density at radius 1 is 1.16 bits per heavy atom. The van der Waals surface area contributed by atoms with E-state index in [0.29, 0.717) is 31.5 Å². The van der Waals surface area contributed by atoms with E-state index in [2.05, 4.69) is 10.2 Å². The highest BCUT2D eigenvalue weighted by Gasteiger charge is 2.27. The Balaban J connectivity index is 1.41. The molecule has 1 atom stereocenters.